The zero-order valence-corrected chi connectivity index (χ0v) is 16.9. The normalized spacial score (nSPS) is 16.6. The molecular formula is C21H27N2O2P. The quantitative estimate of drug-likeness (QED) is 0.835. The Morgan fingerprint density at radius 1 is 1.12 bits per heavy atom. The van der Waals surface area contributed by atoms with Crippen LogP contribution in [0.2, 0.25) is 0 Å². The Balaban J connectivity index is 2.18. The molecular weight excluding hydrogens is 343 g/mol. The standard InChI is InChI=1S/C21H27N2O2P/c1-23-11-10-22-9-8-18(15-4-6-17(24-2)7-5-15)19-13-21(25-3)16(14-26)12-20(19)23/h4-8,12-13,22H,9-11,14,26H2,1-3H3/b18-8+. The second-order valence-corrected chi connectivity index (χ2v) is 6.77. The van der Waals surface area contributed by atoms with Crippen molar-refractivity contribution in [3.63, 3.8) is 0 Å². The maximum absolute atomic E-state index is 5.67. The minimum absolute atomic E-state index is 0.836. The van der Waals surface area contributed by atoms with Crippen LogP contribution in [0, 0.1) is 0 Å². The lowest BCUT2D eigenvalue weighted by molar-refractivity contribution is 0.411. The molecule has 1 N–H and O–H groups in total. The largest absolute Gasteiger partial charge is 0.497 e. The number of rotatable bonds is 4. The first-order valence-electron chi connectivity index (χ1n) is 8.85. The molecule has 26 heavy (non-hydrogen) atoms. The van der Waals surface area contributed by atoms with Gasteiger partial charge in [0.05, 0.1) is 14.2 Å². The summed E-state index contributed by atoms with van der Waals surface area (Å²) in [4.78, 5) is 2.31. The Bertz CT molecular complexity index is 787. The molecule has 1 aliphatic heterocycles. The molecule has 2 aromatic carbocycles. The highest BCUT2D eigenvalue weighted by molar-refractivity contribution is 7.15. The third-order valence-corrected chi connectivity index (χ3v) is 5.24. The number of nitrogens with one attached hydrogen (secondary N) is 1. The smallest absolute Gasteiger partial charge is 0.123 e. The van der Waals surface area contributed by atoms with Crippen molar-refractivity contribution in [2.45, 2.75) is 6.16 Å². The number of methoxy groups -OCH3 is 2. The molecule has 0 fully saturated rings. The van der Waals surface area contributed by atoms with E-state index in [1.807, 2.05) is 12.1 Å². The molecule has 1 aliphatic rings. The summed E-state index contributed by atoms with van der Waals surface area (Å²) in [5.74, 6) is 1.79. The van der Waals surface area contributed by atoms with Gasteiger partial charge in [0.25, 0.3) is 0 Å². The van der Waals surface area contributed by atoms with Crippen LogP contribution in [0.4, 0.5) is 5.69 Å². The summed E-state index contributed by atoms with van der Waals surface area (Å²) in [6.45, 7) is 2.74. The Kier molecular flexibility index (Phi) is 6.18. The minimum atomic E-state index is 0.836. The van der Waals surface area contributed by atoms with Gasteiger partial charge in [0.1, 0.15) is 11.5 Å². The van der Waals surface area contributed by atoms with Crippen LogP contribution in [0.5, 0.6) is 11.5 Å². The molecule has 5 heteroatoms. The van der Waals surface area contributed by atoms with E-state index in [4.69, 9.17) is 9.47 Å². The Hall–Kier alpha value is -2.03. The van der Waals surface area contributed by atoms with Crippen molar-refractivity contribution in [3.8, 4) is 11.5 Å². The van der Waals surface area contributed by atoms with Crippen molar-refractivity contribution in [1.29, 1.82) is 0 Å². The summed E-state index contributed by atoms with van der Waals surface area (Å²) >= 11 is 0. The molecule has 3 rings (SSSR count). The molecule has 0 bridgehead atoms. The molecule has 0 saturated carbocycles. The van der Waals surface area contributed by atoms with E-state index in [-0.39, 0.29) is 0 Å². The van der Waals surface area contributed by atoms with Gasteiger partial charge < -0.3 is 19.7 Å². The molecule has 1 atom stereocenters. The first-order valence-corrected chi connectivity index (χ1v) is 9.67. The fourth-order valence-corrected chi connectivity index (χ4v) is 3.61. The summed E-state index contributed by atoms with van der Waals surface area (Å²) < 4.78 is 11.0. The third-order valence-electron chi connectivity index (χ3n) is 4.80. The predicted molar refractivity (Wildman–Crippen MR) is 113 cm³/mol. The van der Waals surface area contributed by atoms with Gasteiger partial charge in [0, 0.05) is 37.9 Å². The molecule has 0 spiro atoms. The number of hydrogen-bond donors (Lipinski definition) is 1. The van der Waals surface area contributed by atoms with Crippen LogP contribution in [0.3, 0.4) is 0 Å². The van der Waals surface area contributed by atoms with Crippen molar-refractivity contribution in [2.24, 2.45) is 0 Å². The van der Waals surface area contributed by atoms with Crippen LogP contribution in [0.25, 0.3) is 5.57 Å². The third kappa shape index (κ3) is 3.87. The lowest BCUT2D eigenvalue weighted by atomic mass is 9.94. The van der Waals surface area contributed by atoms with Crippen molar-refractivity contribution in [1.82, 2.24) is 5.32 Å². The van der Waals surface area contributed by atoms with Gasteiger partial charge in [-0.3, -0.25) is 0 Å². The molecule has 1 unspecified atom stereocenters. The maximum atomic E-state index is 5.67. The van der Waals surface area contributed by atoms with Crippen LogP contribution >= 0.6 is 9.24 Å². The van der Waals surface area contributed by atoms with Gasteiger partial charge in [-0.2, -0.15) is 0 Å². The first-order chi connectivity index (χ1) is 12.7. The first kappa shape index (κ1) is 18.8. The monoisotopic (exact) mass is 370 g/mol. The van der Waals surface area contributed by atoms with Crippen LogP contribution in [-0.4, -0.2) is 40.9 Å². The molecule has 0 saturated heterocycles. The lowest BCUT2D eigenvalue weighted by Gasteiger charge is -2.25. The molecule has 2 aromatic rings. The van der Waals surface area contributed by atoms with Gasteiger partial charge in [0.15, 0.2) is 0 Å². The fraction of sp³-hybridized carbons (Fsp3) is 0.333. The van der Waals surface area contributed by atoms with E-state index in [2.05, 4.69) is 56.8 Å². The number of likely N-dealkylation sites (N-methyl/N-ethyl adjacent to an activating group) is 1. The number of nitrogens with zero attached hydrogens (tertiary/aromatic N) is 1. The molecule has 0 radical (unpaired) electrons. The molecule has 0 amide bonds. The van der Waals surface area contributed by atoms with E-state index >= 15 is 0 Å². The number of anilines is 1. The highest BCUT2D eigenvalue weighted by Crippen LogP contribution is 2.38. The van der Waals surface area contributed by atoms with E-state index in [0.717, 1.165) is 37.3 Å². The molecule has 0 aromatic heterocycles. The van der Waals surface area contributed by atoms with Crippen LogP contribution in [0.15, 0.2) is 42.5 Å². The average molecular weight is 370 g/mol. The van der Waals surface area contributed by atoms with Gasteiger partial charge in [-0.1, -0.05) is 18.2 Å². The summed E-state index contributed by atoms with van der Waals surface area (Å²) in [7, 11) is 8.38. The number of fused-ring (bicyclic) bond motifs is 1. The SMILES string of the molecule is COc1ccc(/C2=C\CNCCN(C)c3cc(CP)c(OC)cc32)cc1. The van der Waals surface area contributed by atoms with Gasteiger partial charge in [-0.15, -0.1) is 9.24 Å². The van der Waals surface area contributed by atoms with E-state index < -0.39 is 0 Å². The van der Waals surface area contributed by atoms with E-state index in [9.17, 15) is 0 Å². The summed E-state index contributed by atoms with van der Waals surface area (Å²) in [6.07, 6.45) is 3.13. The van der Waals surface area contributed by atoms with Crippen molar-refractivity contribution < 1.29 is 9.47 Å². The summed E-state index contributed by atoms with van der Waals surface area (Å²) in [5.41, 5.74) is 6.00. The van der Waals surface area contributed by atoms with Crippen molar-refractivity contribution in [2.75, 3.05) is 45.8 Å². The van der Waals surface area contributed by atoms with E-state index in [1.165, 1.54) is 28.0 Å². The minimum Gasteiger partial charge on any atom is -0.497 e. The highest BCUT2D eigenvalue weighted by atomic mass is 31.0. The van der Waals surface area contributed by atoms with E-state index in [1.54, 1.807) is 14.2 Å². The Labute approximate surface area is 158 Å². The van der Waals surface area contributed by atoms with Crippen LogP contribution in [-0.2, 0) is 6.16 Å². The molecule has 4 nitrogen and oxygen atoms in total. The van der Waals surface area contributed by atoms with Crippen molar-refractivity contribution >= 4 is 20.5 Å². The Morgan fingerprint density at radius 2 is 1.88 bits per heavy atom. The van der Waals surface area contributed by atoms with Gasteiger partial charge in [-0.05, 0) is 47.1 Å². The van der Waals surface area contributed by atoms with Crippen LogP contribution in [0.1, 0.15) is 16.7 Å². The van der Waals surface area contributed by atoms with Crippen LogP contribution < -0.4 is 19.7 Å². The summed E-state index contributed by atoms with van der Waals surface area (Å²) in [6, 6.07) is 12.7. The maximum Gasteiger partial charge on any atom is 0.123 e. The zero-order valence-electron chi connectivity index (χ0n) is 15.7. The average Bonchev–Trinajstić information content (AvgIpc) is 2.76. The van der Waals surface area contributed by atoms with Gasteiger partial charge >= 0.3 is 0 Å². The molecule has 1 heterocycles. The molecule has 138 valence electrons. The van der Waals surface area contributed by atoms with Gasteiger partial charge in [-0.25, -0.2) is 0 Å². The zero-order chi connectivity index (χ0) is 18.5. The second-order valence-electron chi connectivity index (χ2n) is 6.36. The molecule has 0 aliphatic carbocycles. The summed E-state index contributed by atoms with van der Waals surface area (Å²) in [5, 5.41) is 3.49. The fourth-order valence-electron chi connectivity index (χ4n) is 3.29. The predicted octanol–water partition coefficient (Wildman–Crippen LogP) is 3.55. The highest BCUT2D eigenvalue weighted by Gasteiger charge is 2.18. The topological polar surface area (TPSA) is 33.7 Å². The number of hydrogen-bond acceptors (Lipinski definition) is 4. The van der Waals surface area contributed by atoms with E-state index in [0.29, 0.717) is 0 Å². The Morgan fingerprint density at radius 3 is 2.54 bits per heavy atom. The number of benzene rings is 2. The van der Waals surface area contributed by atoms with Gasteiger partial charge in [0.2, 0.25) is 0 Å². The lowest BCUT2D eigenvalue weighted by Crippen LogP contribution is -2.29. The second kappa shape index (κ2) is 8.57. The number of ether oxygens (including phenoxy) is 2. The van der Waals surface area contributed by atoms with Crippen molar-refractivity contribution in [3.05, 3.63) is 59.2 Å².